The minimum Gasteiger partial charge on any atom is -0.356 e. The maximum absolute atomic E-state index is 3.94. The largest absolute Gasteiger partial charge is 0.356 e. The summed E-state index contributed by atoms with van der Waals surface area (Å²) in [5, 5.41) is 3.27. The van der Waals surface area contributed by atoms with E-state index in [1.807, 2.05) is 18.2 Å². The predicted octanol–water partition coefficient (Wildman–Crippen LogP) is 3.89. The molecule has 0 unspecified atom stereocenters. The zero-order valence-corrected chi connectivity index (χ0v) is 9.09. The van der Waals surface area contributed by atoms with Crippen LogP contribution in [0.1, 0.15) is 19.4 Å². The summed E-state index contributed by atoms with van der Waals surface area (Å²) in [6.45, 7) is 10.1. The lowest BCUT2D eigenvalue weighted by Crippen LogP contribution is -1.97. The standard InChI is InChI=1S/C13H17N/c1-10(2)9-12(4)14-13-8-6-5-7-11(13)3/h5-9,14H,4H2,1-3H3. The van der Waals surface area contributed by atoms with Gasteiger partial charge in [-0.25, -0.2) is 0 Å². The third kappa shape index (κ3) is 3.09. The molecule has 0 aliphatic heterocycles. The van der Waals surface area contributed by atoms with Gasteiger partial charge in [0.1, 0.15) is 0 Å². The first kappa shape index (κ1) is 10.6. The highest BCUT2D eigenvalue weighted by Crippen LogP contribution is 2.15. The lowest BCUT2D eigenvalue weighted by Gasteiger charge is -2.09. The minimum absolute atomic E-state index is 0.930. The highest BCUT2D eigenvalue weighted by molar-refractivity contribution is 5.55. The van der Waals surface area contributed by atoms with Gasteiger partial charge in [0.25, 0.3) is 0 Å². The molecule has 0 radical (unpaired) electrons. The number of benzene rings is 1. The van der Waals surface area contributed by atoms with Crippen LogP contribution in [-0.2, 0) is 0 Å². The van der Waals surface area contributed by atoms with Gasteiger partial charge >= 0.3 is 0 Å². The van der Waals surface area contributed by atoms with Crippen molar-refractivity contribution in [2.45, 2.75) is 20.8 Å². The van der Waals surface area contributed by atoms with Crippen LogP contribution >= 0.6 is 0 Å². The Labute approximate surface area is 86.2 Å². The zero-order chi connectivity index (χ0) is 10.6. The van der Waals surface area contributed by atoms with Crippen LogP contribution in [0.2, 0.25) is 0 Å². The van der Waals surface area contributed by atoms with Crippen LogP contribution < -0.4 is 5.32 Å². The molecule has 0 heterocycles. The molecule has 0 aromatic heterocycles. The minimum atomic E-state index is 0.930. The summed E-state index contributed by atoms with van der Waals surface area (Å²) in [6, 6.07) is 8.19. The third-order valence-electron chi connectivity index (χ3n) is 1.90. The quantitative estimate of drug-likeness (QED) is 0.708. The number of hydrogen-bond acceptors (Lipinski definition) is 1. The molecule has 0 atom stereocenters. The fourth-order valence-electron chi connectivity index (χ4n) is 1.27. The summed E-state index contributed by atoms with van der Waals surface area (Å²) >= 11 is 0. The van der Waals surface area contributed by atoms with Gasteiger partial charge in [0.2, 0.25) is 0 Å². The molecule has 0 spiro atoms. The molecule has 0 aliphatic rings. The Morgan fingerprint density at radius 1 is 1.29 bits per heavy atom. The molecule has 1 aromatic carbocycles. The molecule has 1 rings (SSSR count). The van der Waals surface area contributed by atoms with Crippen molar-refractivity contribution in [3.05, 3.63) is 53.8 Å². The van der Waals surface area contributed by atoms with Crippen molar-refractivity contribution in [2.75, 3.05) is 5.32 Å². The fraction of sp³-hybridized carbons (Fsp3) is 0.231. The average molecular weight is 187 g/mol. The topological polar surface area (TPSA) is 12.0 Å². The van der Waals surface area contributed by atoms with Crippen molar-refractivity contribution in [1.29, 1.82) is 0 Å². The molecule has 1 aromatic rings. The first-order chi connectivity index (χ1) is 6.59. The molecular formula is C13H17N. The van der Waals surface area contributed by atoms with Crippen molar-refractivity contribution < 1.29 is 0 Å². The van der Waals surface area contributed by atoms with Crippen LogP contribution in [0.3, 0.4) is 0 Å². The Balaban J connectivity index is 2.75. The van der Waals surface area contributed by atoms with Gasteiger partial charge in [-0.1, -0.05) is 30.4 Å². The number of allylic oxidation sites excluding steroid dienone is 2. The summed E-state index contributed by atoms with van der Waals surface area (Å²) in [5.74, 6) is 0. The molecule has 74 valence electrons. The number of nitrogens with one attached hydrogen (secondary N) is 1. The summed E-state index contributed by atoms with van der Waals surface area (Å²) in [7, 11) is 0. The Kier molecular flexibility index (Phi) is 3.52. The Bertz CT molecular complexity index is 357. The van der Waals surface area contributed by atoms with Gasteiger partial charge in [0.05, 0.1) is 0 Å². The molecule has 0 bridgehead atoms. The van der Waals surface area contributed by atoms with E-state index in [2.05, 4.69) is 44.8 Å². The Morgan fingerprint density at radius 3 is 2.50 bits per heavy atom. The summed E-state index contributed by atoms with van der Waals surface area (Å²) in [4.78, 5) is 0. The van der Waals surface area contributed by atoms with E-state index >= 15 is 0 Å². The van der Waals surface area contributed by atoms with E-state index in [1.54, 1.807) is 0 Å². The maximum atomic E-state index is 3.94. The van der Waals surface area contributed by atoms with E-state index in [-0.39, 0.29) is 0 Å². The molecule has 1 N–H and O–H groups in total. The lowest BCUT2D eigenvalue weighted by molar-refractivity contribution is 1.34. The van der Waals surface area contributed by atoms with Gasteiger partial charge in [-0.3, -0.25) is 0 Å². The monoisotopic (exact) mass is 187 g/mol. The van der Waals surface area contributed by atoms with Crippen molar-refractivity contribution in [3.8, 4) is 0 Å². The van der Waals surface area contributed by atoms with Gasteiger partial charge in [-0.15, -0.1) is 0 Å². The molecule has 0 saturated heterocycles. The highest BCUT2D eigenvalue weighted by Gasteiger charge is 1.95. The second kappa shape index (κ2) is 4.66. The van der Waals surface area contributed by atoms with E-state index in [9.17, 15) is 0 Å². The van der Waals surface area contributed by atoms with Crippen molar-refractivity contribution in [2.24, 2.45) is 0 Å². The summed E-state index contributed by atoms with van der Waals surface area (Å²) in [6.07, 6.45) is 2.03. The Morgan fingerprint density at radius 2 is 1.93 bits per heavy atom. The molecule has 0 amide bonds. The number of hydrogen-bond donors (Lipinski definition) is 1. The number of rotatable bonds is 3. The lowest BCUT2D eigenvalue weighted by atomic mass is 10.2. The fourth-order valence-corrected chi connectivity index (χ4v) is 1.27. The maximum Gasteiger partial charge on any atom is 0.0413 e. The van der Waals surface area contributed by atoms with E-state index in [0.717, 1.165) is 11.4 Å². The van der Waals surface area contributed by atoms with Gasteiger partial charge in [0.15, 0.2) is 0 Å². The Hall–Kier alpha value is -1.50. The first-order valence-electron chi connectivity index (χ1n) is 4.76. The number of anilines is 1. The second-order valence-corrected chi connectivity index (χ2v) is 3.69. The second-order valence-electron chi connectivity index (χ2n) is 3.69. The molecule has 0 aliphatic carbocycles. The van der Waals surface area contributed by atoms with Gasteiger partial charge < -0.3 is 5.32 Å². The molecule has 1 heteroatoms. The summed E-state index contributed by atoms with van der Waals surface area (Å²) in [5.41, 5.74) is 4.53. The van der Waals surface area contributed by atoms with E-state index in [1.165, 1.54) is 11.1 Å². The van der Waals surface area contributed by atoms with Gasteiger partial charge in [-0.2, -0.15) is 0 Å². The normalized spacial score (nSPS) is 9.36. The third-order valence-corrected chi connectivity index (χ3v) is 1.90. The number of para-hydroxylation sites is 1. The van der Waals surface area contributed by atoms with Crippen LogP contribution in [0, 0.1) is 6.92 Å². The first-order valence-corrected chi connectivity index (χ1v) is 4.76. The highest BCUT2D eigenvalue weighted by atomic mass is 14.9. The van der Waals surface area contributed by atoms with Gasteiger partial charge in [0, 0.05) is 11.4 Å². The van der Waals surface area contributed by atoms with Crippen LogP contribution in [0.25, 0.3) is 0 Å². The molecule has 1 nitrogen and oxygen atoms in total. The van der Waals surface area contributed by atoms with Crippen molar-refractivity contribution in [1.82, 2.24) is 0 Å². The molecule has 0 fully saturated rings. The van der Waals surface area contributed by atoms with Crippen molar-refractivity contribution in [3.63, 3.8) is 0 Å². The zero-order valence-electron chi connectivity index (χ0n) is 9.09. The van der Waals surface area contributed by atoms with E-state index < -0.39 is 0 Å². The van der Waals surface area contributed by atoms with Crippen LogP contribution in [0.15, 0.2) is 48.2 Å². The van der Waals surface area contributed by atoms with Crippen LogP contribution in [0.4, 0.5) is 5.69 Å². The number of aryl methyl sites for hydroxylation is 1. The van der Waals surface area contributed by atoms with E-state index in [4.69, 9.17) is 0 Å². The van der Waals surface area contributed by atoms with Gasteiger partial charge in [-0.05, 0) is 38.5 Å². The van der Waals surface area contributed by atoms with Crippen LogP contribution in [0.5, 0.6) is 0 Å². The van der Waals surface area contributed by atoms with E-state index in [0.29, 0.717) is 0 Å². The average Bonchev–Trinajstić information content (AvgIpc) is 2.07. The molecular weight excluding hydrogens is 170 g/mol. The van der Waals surface area contributed by atoms with Crippen LogP contribution in [-0.4, -0.2) is 0 Å². The van der Waals surface area contributed by atoms with Crippen molar-refractivity contribution >= 4 is 5.69 Å². The predicted molar refractivity (Wildman–Crippen MR) is 63.4 cm³/mol. The molecule has 0 saturated carbocycles. The summed E-state index contributed by atoms with van der Waals surface area (Å²) < 4.78 is 0. The smallest absolute Gasteiger partial charge is 0.0413 e. The SMILES string of the molecule is C=C(C=C(C)C)Nc1ccccc1C. The molecule has 14 heavy (non-hydrogen) atoms.